The highest BCUT2D eigenvalue weighted by molar-refractivity contribution is 5.79. The summed E-state index contributed by atoms with van der Waals surface area (Å²) in [6.45, 7) is 4.67. The predicted octanol–water partition coefficient (Wildman–Crippen LogP) is 2.54. The van der Waals surface area contributed by atoms with Gasteiger partial charge >= 0.3 is 0 Å². The SMILES string of the molecule is COc1ccc(CN2CCC[C@@H](C(=O)N3CCCC3)C2)cc1OC. The van der Waals surface area contributed by atoms with Gasteiger partial charge in [-0.15, -0.1) is 0 Å². The van der Waals surface area contributed by atoms with E-state index in [9.17, 15) is 4.79 Å². The van der Waals surface area contributed by atoms with Gasteiger partial charge in [0.25, 0.3) is 0 Å². The molecule has 2 aliphatic heterocycles. The van der Waals surface area contributed by atoms with E-state index in [-0.39, 0.29) is 5.92 Å². The Morgan fingerprint density at radius 3 is 2.54 bits per heavy atom. The molecule has 2 heterocycles. The summed E-state index contributed by atoms with van der Waals surface area (Å²) in [6.07, 6.45) is 4.44. The molecule has 0 bridgehead atoms. The number of ether oxygens (including phenoxy) is 2. The fourth-order valence-electron chi connectivity index (χ4n) is 3.83. The molecule has 1 amide bonds. The Bertz CT molecular complexity index is 570. The fraction of sp³-hybridized carbons (Fsp3) is 0.632. The molecule has 2 aliphatic rings. The van der Waals surface area contributed by atoms with Crippen molar-refractivity contribution in [3.63, 3.8) is 0 Å². The molecule has 1 aromatic carbocycles. The Morgan fingerprint density at radius 2 is 1.83 bits per heavy atom. The first-order valence-electron chi connectivity index (χ1n) is 8.93. The molecule has 132 valence electrons. The molecule has 0 N–H and O–H groups in total. The van der Waals surface area contributed by atoms with E-state index in [0.717, 1.165) is 69.9 Å². The molecular weight excluding hydrogens is 304 g/mol. The van der Waals surface area contributed by atoms with Gasteiger partial charge in [-0.3, -0.25) is 9.69 Å². The number of hydrogen-bond donors (Lipinski definition) is 0. The van der Waals surface area contributed by atoms with Gasteiger partial charge in [0, 0.05) is 26.2 Å². The standard InChI is InChI=1S/C19H28N2O3/c1-23-17-8-7-15(12-18(17)24-2)13-20-9-5-6-16(14-20)19(22)21-10-3-4-11-21/h7-8,12,16H,3-6,9-11,13-14H2,1-2H3/t16-/m1/s1. The van der Waals surface area contributed by atoms with E-state index in [1.54, 1.807) is 14.2 Å². The van der Waals surface area contributed by atoms with E-state index in [1.165, 1.54) is 5.56 Å². The van der Waals surface area contributed by atoms with E-state index in [0.29, 0.717) is 5.91 Å². The lowest BCUT2D eigenvalue weighted by Crippen LogP contribution is -2.43. The third kappa shape index (κ3) is 3.83. The lowest BCUT2D eigenvalue weighted by atomic mass is 9.96. The highest BCUT2D eigenvalue weighted by Crippen LogP contribution is 2.29. The second kappa shape index (κ2) is 7.88. The van der Waals surface area contributed by atoms with Crippen molar-refractivity contribution in [1.82, 2.24) is 9.80 Å². The zero-order valence-electron chi connectivity index (χ0n) is 14.8. The van der Waals surface area contributed by atoms with Crippen LogP contribution in [-0.4, -0.2) is 56.1 Å². The Morgan fingerprint density at radius 1 is 1.08 bits per heavy atom. The number of likely N-dealkylation sites (tertiary alicyclic amines) is 2. The van der Waals surface area contributed by atoms with Crippen LogP contribution in [0.3, 0.4) is 0 Å². The van der Waals surface area contributed by atoms with Crippen molar-refractivity contribution in [3.05, 3.63) is 23.8 Å². The van der Waals surface area contributed by atoms with Crippen LogP contribution in [0.25, 0.3) is 0 Å². The smallest absolute Gasteiger partial charge is 0.226 e. The first-order valence-corrected chi connectivity index (χ1v) is 8.93. The van der Waals surface area contributed by atoms with Crippen LogP contribution in [-0.2, 0) is 11.3 Å². The van der Waals surface area contributed by atoms with Gasteiger partial charge in [0.15, 0.2) is 11.5 Å². The van der Waals surface area contributed by atoms with Crippen molar-refractivity contribution in [3.8, 4) is 11.5 Å². The van der Waals surface area contributed by atoms with Gasteiger partial charge in [-0.25, -0.2) is 0 Å². The normalized spacial score (nSPS) is 21.8. The van der Waals surface area contributed by atoms with Crippen LogP contribution in [0.1, 0.15) is 31.2 Å². The number of carbonyl (C=O) groups excluding carboxylic acids is 1. The maximum atomic E-state index is 12.6. The second-order valence-electron chi connectivity index (χ2n) is 6.80. The summed E-state index contributed by atoms with van der Waals surface area (Å²) in [5, 5.41) is 0. The molecule has 1 aromatic rings. The van der Waals surface area contributed by atoms with E-state index in [2.05, 4.69) is 15.9 Å². The molecule has 24 heavy (non-hydrogen) atoms. The van der Waals surface area contributed by atoms with E-state index in [1.807, 2.05) is 12.1 Å². The first-order chi connectivity index (χ1) is 11.7. The number of amides is 1. The average molecular weight is 332 g/mol. The van der Waals surface area contributed by atoms with Gasteiger partial charge in [0.1, 0.15) is 0 Å². The van der Waals surface area contributed by atoms with E-state index < -0.39 is 0 Å². The molecule has 0 radical (unpaired) electrons. The van der Waals surface area contributed by atoms with Gasteiger partial charge in [-0.2, -0.15) is 0 Å². The van der Waals surface area contributed by atoms with Crippen LogP contribution >= 0.6 is 0 Å². The first kappa shape index (κ1) is 17.1. The largest absolute Gasteiger partial charge is 0.493 e. The molecule has 3 rings (SSSR count). The summed E-state index contributed by atoms with van der Waals surface area (Å²) in [5.74, 6) is 2.04. The minimum absolute atomic E-state index is 0.164. The van der Waals surface area contributed by atoms with Crippen molar-refractivity contribution < 1.29 is 14.3 Å². The molecule has 5 heteroatoms. The molecule has 0 aromatic heterocycles. The average Bonchev–Trinajstić information content (AvgIpc) is 3.16. The Labute approximate surface area is 144 Å². The van der Waals surface area contributed by atoms with Crippen LogP contribution in [0.4, 0.5) is 0 Å². The zero-order valence-corrected chi connectivity index (χ0v) is 14.8. The summed E-state index contributed by atoms with van der Waals surface area (Å²) in [4.78, 5) is 17.1. The van der Waals surface area contributed by atoms with Crippen LogP contribution in [0.15, 0.2) is 18.2 Å². The maximum absolute atomic E-state index is 12.6. The Kier molecular flexibility index (Phi) is 5.61. The van der Waals surface area contributed by atoms with Crippen molar-refractivity contribution in [2.75, 3.05) is 40.4 Å². The predicted molar refractivity (Wildman–Crippen MR) is 93.4 cm³/mol. The summed E-state index contributed by atoms with van der Waals surface area (Å²) >= 11 is 0. The molecule has 0 unspecified atom stereocenters. The van der Waals surface area contributed by atoms with Gasteiger partial charge in [0.05, 0.1) is 20.1 Å². The Hall–Kier alpha value is -1.75. The number of methoxy groups -OCH3 is 2. The van der Waals surface area contributed by atoms with E-state index in [4.69, 9.17) is 9.47 Å². The van der Waals surface area contributed by atoms with Gasteiger partial charge < -0.3 is 14.4 Å². The molecule has 1 atom stereocenters. The van der Waals surface area contributed by atoms with Crippen molar-refractivity contribution in [2.24, 2.45) is 5.92 Å². The minimum atomic E-state index is 0.164. The highest BCUT2D eigenvalue weighted by Gasteiger charge is 2.30. The molecule has 2 saturated heterocycles. The Balaban J connectivity index is 1.61. The van der Waals surface area contributed by atoms with Crippen molar-refractivity contribution in [1.29, 1.82) is 0 Å². The number of nitrogens with zero attached hydrogens (tertiary/aromatic N) is 2. The maximum Gasteiger partial charge on any atom is 0.226 e. The lowest BCUT2D eigenvalue weighted by molar-refractivity contribution is -0.136. The van der Waals surface area contributed by atoms with Crippen molar-refractivity contribution >= 4 is 5.91 Å². The molecule has 2 fully saturated rings. The number of hydrogen-bond acceptors (Lipinski definition) is 4. The number of piperidine rings is 1. The van der Waals surface area contributed by atoms with Crippen molar-refractivity contribution in [2.45, 2.75) is 32.2 Å². The van der Waals surface area contributed by atoms with Crippen LogP contribution in [0.5, 0.6) is 11.5 Å². The molecule has 5 nitrogen and oxygen atoms in total. The number of benzene rings is 1. The van der Waals surface area contributed by atoms with Crippen LogP contribution in [0.2, 0.25) is 0 Å². The van der Waals surface area contributed by atoms with Gasteiger partial charge in [-0.1, -0.05) is 6.07 Å². The summed E-state index contributed by atoms with van der Waals surface area (Å²) in [6, 6.07) is 6.06. The quantitative estimate of drug-likeness (QED) is 0.831. The van der Waals surface area contributed by atoms with E-state index >= 15 is 0 Å². The fourth-order valence-corrected chi connectivity index (χ4v) is 3.83. The summed E-state index contributed by atoms with van der Waals surface area (Å²) < 4.78 is 10.7. The number of rotatable bonds is 5. The third-order valence-electron chi connectivity index (χ3n) is 5.13. The summed E-state index contributed by atoms with van der Waals surface area (Å²) in [7, 11) is 3.31. The molecular formula is C19H28N2O3. The van der Waals surface area contributed by atoms with Crippen LogP contribution in [0, 0.1) is 5.92 Å². The number of carbonyl (C=O) groups is 1. The summed E-state index contributed by atoms with van der Waals surface area (Å²) in [5.41, 5.74) is 1.20. The van der Waals surface area contributed by atoms with Gasteiger partial charge in [-0.05, 0) is 49.9 Å². The molecule has 0 spiro atoms. The molecule has 0 saturated carbocycles. The monoisotopic (exact) mass is 332 g/mol. The zero-order chi connectivity index (χ0) is 16.9. The minimum Gasteiger partial charge on any atom is -0.493 e. The topological polar surface area (TPSA) is 42.0 Å². The second-order valence-corrected chi connectivity index (χ2v) is 6.80. The van der Waals surface area contributed by atoms with Gasteiger partial charge in [0.2, 0.25) is 5.91 Å². The molecule has 0 aliphatic carbocycles. The lowest BCUT2D eigenvalue weighted by Gasteiger charge is -2.34. The highest BCUT2D eigenvalue weighted by atomic mass is 16.5. The third-order valence-corrected chi connectivity index (χ3v) is 5.13. The van der Waals surface area contributed by atoms with Crippen LogP contribution < -0.4 is 9.47 Å².